The highest BCUT2D eigenvalue weighted by Gasteiger charge is 2.19. The third-order valence-electron chi connectivity index (χ3n) is 4.64. The summed E-state index contributed by atoms with van der Waals surface area (Å²) in [6.45, 7) is 6.30. The maximum atomic E-state index is 12.6. The van der Waals surface area contributed by atoms with E-state index < -0.39 is 0 Å². The van der Waals surface area contributed by atoms with Gasteiger partial charge in [0.2, 0.25) is 0 Å². The molecular weight excluding hydrogens is 298 g/mol. The second-order valence-corrected chi connectivity index (χ2v) is 6.70. The van der Waals surface area contributed by atoms with Crippen molar-refractivity contribution in [1.82, 2.24) is 10.3 Å². The highest BCUT2D eigenvalue weighted by molar-refractivity contribution is 5.95. The summed E-state index contributed by atoms with van der Waals surface area (Å²) < 4.78 is 0. The summed E-state index contributed by atoms with van der Waals surface area (Å²) in [6, 6.07) is 13.7. The molecule has 2 atom stereocenters. The number of aromatic nitrogens is 1. The molecule has 1 aromatic heterocycles. The molecule has 1 saturated heterocycles. The maximum absolute atomic E-state index is 12.6. The van der Waals surface area contributed by atoms with Gasteiger partial charge in [0.15, 0.2) is 0 Å². The molecule has 2 aromatic rings. The topological polar surface area (TPSA) is 45.2 Å². The molecular formula is C20H25N3O. The number of amides is 1. The maximum Gasteiger partial charge on any atom is 0.251 e. The van der Waals surface area contributed by atoms with Crippen molar-refractivity contribution in [2.45, 2.75) is 32.7 Å². The molecule has 1 fully saturated rings. The summed E-state index contributed by atoms with van der Waals surface area (Å²) >= 11 is 0. The first-order valence-electron chi connectivity index (χ1n) is 8.70. The number of nitrogens with zero attached hydrogens (tertiary/aromatic N) is 2. The van der Waals surface area contributed by atoms with Gasteiger partial charge in [-0.15, -0.1) is 0 Å². The highest BCUT2D eigenvalue weighted by Crippen LogP contribution is 2.22. The van der Waals surface area contributed by atoms with Crippen molar-refractivity contribution in [3.8, 4) is 0 Å². The van der Waals surface area contributed by atoms with Crippen LogP contribution in [-0.4, -0.2) is 24.0 Å². The number of rotatable bonds is 4. The molecule has 1 aliphatic heterocycles. The van der Waals surface area contributed by atoms with Crippen molar-refractivity contribution < 1.29 is 4.79 Å². The summed E-state index contributed by atoms with van der Waals surface area (Å²) in [4.78, 5) is 19.3. The first-order valence-corrected chi connectivity index (χ1v) is 8.70. The highest BCUT2D eigenvalue weighted by atomic mass is 16.1. The number of piperidine rings is 1. The first-order chi connectivity index (χ1) is 11.6. The van der Waals surface area contributed by atoms with Gasteiger partial charge in [0.05, 0.1) is 6.04 Å². The molecule has 2 heterocycles. The Morgan fingerprint density at radius 3 is 2.83 bits per heavy atom. The predicted molar refractivity (Wildman–Crippen MR) is 97.2 cm³/mol. The van der Waals surface area contributed by atoms with Crippen molar-refractivity contribution >= 4 is 11.7 Å². The van der Waals surface area contributed by atoms with Crippen LogP contribution in [0.4, 0.5) is 5.82 Å². The van der Waals surface area contributed by atoms with Crippen LogP contribution in [0.2, 0.25) is 0 Å². The van der Waals surface area contributed by atoms with E-state index in [9.17, 15) is 4.79 Å². The first kappa shape index (κ1) is 16.5. The Kier molecular flexibility index (Phi) is 5.14. The number of anilines is 1. The van der Waals surface area contributed by atoms with Crippen molar-refractivity contribution in [2.75, 3.05) is 18.0 Å². The normalized spacial score (nSPS) is 18.9. The standard InChI is InChI=1S/C20H25N3O/c1-15-7-6-12-23(14-15)19-13-18(10-11-21-19)20(24)22-16(2)17-8-4-3-5-9-17/h3-5,8-11,13,15-16H,6-7,12,14H2,1-2H3,(H,22,24). The molecule has 24 heavy (non-hydrogen) atoms. The van der Waals surface area contributed by atoms with Gasteiger partial charge < -0.3 is 10.2 Å². The Balaban J connectivity index is 1.70. The van der Waals surface area contributed by atoms with Gasteiger partial charge in [-0.1, -0.05) is 37.3 Å². The zero-order valence-electron chi connectivity index (χ0n) is 14.4. The minimum absolute atomic E-state index is 0.0228. The summed E-state index contributed by atoms with van der Waals surface area (Å²) in [7, 11) is 0. The number of carbonyl (C=O) groups is 1. The molecule has 0 radical (unpaired) electrons. The van der Waals surface area contributed by atoms with Crippen molar-refractivity contribution in [1.29, 1.82) is 0 Å². The van der Waals surface area contributed by atoms with Crippen molar-refractivity contribution in [3.63, 3.8) is 0 Å². The van der Waals surface area contributed by atoms with Crippen LogP contribution in [-0.2, 0) is 0 Å². The lowest BCUT2D eigenvalue weighted by molar-refractivity contribution is 0.0940. The number of benzene rings is 1. The van der Waals surface area contributed by atoms with Crippen molar-refractivity contribution in [2.24, 2.45) is 5.92 Å². The number of pyridine rings is 1. The van der Waals surface area contributed by atoms with E-state index in [1.807, 2.05) is 43.3 Å². The number of nitrogens with one attached hydrogen (secondary N) is 1. The molecule has 3 rings (SSSR count). The molecule has 0 spiro atoms. The van der Waals surface area contributed by atoms with E-state index in [1.54, 1.807) is 12.3 Å². The van der Waals surface area contributed by atoms with Gasteiger partial charge >= 0.3 is 0 Å². The molecule has 0 saturated carbocycles. The molecule has 1 amide bonds. The van der Waals surface area contributed by atoms with Crippen LogP contribution in [0, 0.1) is 5.92 Å². The fraction of sp³-hybridized carbons (Fsp3) is 0.400. The van der Waals surface area contributed by atoms with Crippen LogP contribution in [0.25, 0.3) is 0 Å². The molecule has 126 valence electrons. The number of hydrogen-bond donors (Lipinski definition) is 1. The molecule has 1 N–H and O–H groups in total. The quantitative estimate of drug-likeness (QED) is 0.930. The zero-order valence-corrected chi connectivity index (χ0v) is 14.4. The van der Waals surface area contributed by atoms with Crippen molar-refractivity contribution in [3.05, 3.63) is 59.8 Å². The average Bonchev–Trinajstić information content (AvgIpc) is 2.62. The molecule has 1 aliphatic rings. The largest absolute Gasteiger partial charge is 0.356 e. The lowest BCUT2D eigenvalue weighted by atomic mass is 10.0. The van der Waals surface area contributed by atoms with E-state index >= 15 is 0 Å². The van der Waals surface area contributed by atoms with E-state index in [0.717, 1.165) is 24.5 Å². The smallest absolute Gasteiger partial charge is 0.251 e. The lowest BCUT2D eigenvalue weighted by Crippen LogP contribution is -2.35. The number of hydrogen-bond acceptors (Lipinski definition) is 3. The minimum atomic E-state index is -0.0555. The Labute approximate surface area is 143 Å². The SMILES string of the molecule is CC1CCCN(c2cc(C(=O)NC(C)c3ccccc3)ccn2)C1. The van der Waals surface area contributed by atoms with Gasteiger partial charge in [-0.2, -0.15) is 0 Å². The van der Waals surface area contributed by atoms with Crippen LogP contribution >= 0.6 is 0 Å². The monoisotopic (exact) mass is 323 g/mol. The molecule has 4 nitrogen and oxygen atoms in total. The van der Waals surface area contributed by atoms with Crippen LogP contribution in [0.15, 0.2) is 48.7 Å². The lowest BCUT2D eigenvalue weighted by Gasteiger charge is -2.32. The summed E-state index contributed by atoms with van der Waals surface area (Å²) in [6.07, 6.45) is 4.19. The van der Waals surface area contributed by atoms with Crippen LogP contribution in [0.1, 0.15) is 48.7 Å². The van der Waals surface area contributed by atoms with Gasteiger partial charge in [0.1, 0.15) is 5.82 Å². The minimum Gasteiger partial charge on any atom is -0.356 e. The molecule has 4 heteroatoms. The van der Waals surface area contributed by atoms with Crippen LogP contribution in [0.3, 0.4) is 0 Å². The molecule has 1 aromatic carbocycles. The van der Waals surface area contributed by atoms with E-state index in [2.05, 4.69) is 22.1 Å². The fourth-order valence-electron chi connectivity index (χ4n) is 3.24. The third kappa shape index (κ3) is 3.94. The Morgan fingerprint density at radius 1 is 1.29 bits per heavy atom. The van der Waals surface area contributed by atoms with Crippen LogP contribution < -0.4 is 10.2 Å². The summed E-state index contributed by atoms with van der Waals surface area (Å²) in [5, 5.41) is 3.07. The second kappa shape index (κ2) is 7.47. The molecule has 2 unspecified atom stereocenters. The van der Waals surface area contributed by atoms with E-state index in [1.165, 1.54) is 12.8 Å². The fourth-order valence-corrected chi connectivity index (χ4v) is 3.24. The van der Waals surface area contributed by atoms with Gasteiger partial charge in [-0.3, -0.25) is 4.79 Å². The van der Waals surface area contributed by atoms with E-state index in [0.29, 0.717) is 11.5 Å². The Bertz CT molecular complexity index is 686. The third-order valence-corrected chi connectivity index (χ3v) is 4.64. The molecule has 0 bridgehead atoms. The summed E-state index contributed by atoms with van der Waals surface area (Å²) in [5.74, 6) is 1.53. The average molecular weight is 323 g/mol. The number of carbonyl (C=O) groups excluding carboxylic acids is 1. The van der Waals surface area contributed by atoms with Gasteiger partial charge in [-0.05, 0) is 43.4 Å². The van der Waals surface area contributed by atoms with Gasteiger partial charge in [0.25, 0.3) is 5.91 Å². The van der Waals surface area contributed by atoms with E-state index in [-0.39, 0.29) is 11.9 Å². The van der Waals surface area contributed by atoms with Gasteiger partial charge in [-0.25, -0.2) is 4.98 Å². The Hall–Kier alpha value is -2.36. The van der Waals surface area contributed by atoms with Gasteiger partial charge in [0, 0.05) is 24.8 Å². The second-order valence-electron chi connectivity index (χ2n) is 6.70. The summed E-state index contributed by atoms with van der Waals surface area (Å²) in [5.41, 5.74) is 1.77. The zero-order chi connectivity index (χ0) is 16.9. The predicted octanol–water partition coefficient (Wildman–Crippen LogP) is 3.81. The van der Waals surface area contributed by atoms with E-state index in [4.69, 9.17) is 0 Å². The Morgan fingerprint density at radius 2 is 2.08 bits per heavy atom. The van der Waals surface area contributed by atoms with Crippen LogP contribution in [0.5, 0.6) is 0 Å². The molecule has 0 aliphatic carbocycles.